The van der Waals surface area contributed by atoms with E-state index in [2.05, 4.69) is 15.9 Å². The molecule has 0 aliphatic carbocycles. The van der Waals surface area contributed by atoms with Crippen molar-refractivity contribution in [2.24, 2.45) is 0 Å². The minimum absolute atomic E-state index is 0.0477. The van der Waals surface area contributed by atoms with Gasteiger partial charge in [-0.25, -0.2) is 4.39 Å². The zero-order chi connectivity index (χ0) is 14.8. The van der Waals surface area contributed by atoms with Crippen molar-refractivity contribution < 1.29 is 13.9 Å². The topological polar surface area (TPSA) is 26.3 Å². The molecule has 1 atom stereocenters. The maximum absolute atomic E-state index is 13.5. The molecule has 1 aliphatic heterocycles. The Morgan fingerprint density at radius 3 is 2.90 bits per heavy atom. The second-order valence-corrected chi connectivity index (χ2v) is 5.85. The highest BCUT2D eigenvalue weighted by atomic mass is 79.9. The summed E-state index contributed by atoms with van der Waals surface area (Å²) in [5, 5.41) is 0. The number of Topliss-reactive ketones (excluding diaryl/α,β-unsaturated/α-hetero) is 1. The number of halogens is 2. The molecule has 1 unspecified atom stereocenters. The Bertz CT molecular complexity index is 684. The van der Waals surface area contributed by atoms with Crippen LogP contribution in [0.15, 0.2) is 46.9 Å². The Hall–Kier alpha value is -1.52. The zero-order valence-corrected chi connectivity index (χ0v) is 12.9. The Kier molecular flexibility index (Phi) is 4.17. The van der Waals surface area contributed by atoms with Gasteiger partial charge in [0.05, 0.1) is 11.1 Å². The van der Waals surface area contributed by atoms with Crippen LogP contribution in [0, 0.1) is 5.82 Å². The van der Waals surface area contributed by atoms with Crippen LogP contribution in [-0.4, -0.2) is 12.4 Å². The highest BCUT2D eigenvalue weighted by molar-refractivity contribution is 9.10. The molecule has 2 aromatic carbocycles. The summed E-state index contributed by atoms with van der Waals surface area (Å²) in [6.07, 6.45) is 0.422. The van der Waals surface area contributed by atoms with Gasteiger partial charge in [0.25, 0.3) is 0 Å². The fourth-order valence-corrected chi connectivity index (χ4v) is 3.03. The highest BCUT2D eigenvalue weighted by Crippen LogP contribution is 2.30. The summed E-state index contributed by atoms with van der Waals surface area (Å²) < 4.78 is 19.5. The number of benzene rings is 2. The van der Waals surface area contributed by atoms with Crippen LogP contribution in [0.4, 0.5) is 4.39 Å². The Balaban J connectivity index is 1.85. The molecular weight excluding hydrogens is 335 g/mol. The number of hydrogen-bond acceptors (Lipinski definition) is 2. The van der Waals surface area contributed by atoms with Crippen LogP contribution < -0.4 is 0 Å². The van der Waals surface area contributed by atoms with Gasteiger partial charge in [-0.2, -0.15) is 0 Å². The lowest BCUT2D eigenvalue weighted by atomic mass is 9.93. The fraction of sp³-hybridized carbons (Fsp3) is 0.235. The Morgan fingerprint density at radius 1 is 1.24 bits per heavy atom. The van der Waals surface area contributed by atoms with Gasteiger partial charge < -0.3 is 4.74 Å². The predicted molar refractivity (Wildman–Crippen MR) is 81.7 cm³/mol. The van der Waals surface area contributed by atoms with E-state index < -0.39 is 6.10 Å². The highest BCUT2D eigenvalue weighted by Gasteiger charge is 2.27. The first-order chi connectivity index (χ1) is 10.2. The zero-order valence-electron chi connectivity index (χ0n) is 11.3. The van der Waals surface area contributed by atoms with Crippen LogP contribution in [0.2, 0.25) is 0 Å². The Labute approximate surface area is 131 Å². The number of ketones is 1. The largest absolute Gasteiger partial charge is 0.365 e. The summed E-state index contributed by atoms with van der Waals surface area (Å²) in [6.45, 7) is 0.539. The second-order valence-electron chi connectivity index (χ2n) is 5.06. The molecule has 2 nitrogen and oxygen atoms in total. The molecule has 0 aromatic heterocycles. The van der Waals surface area contributed by atoms with E-state index in [0.29, 0.717) is 16.6 Å². The van der Waals surface area contributed by atoms with Crippen molar-refractivity contribution in [3.63, 3.8) is 0 Å². The van der Waals surface area contributed by atoms with Gasteiger partial charge in [0.1, 0.15) is 11.9 Å². The van der Waals surface area contributed by atoms with Crippen LogP contribution in [0.1, 0.15) is 22.8 Å². The molecule has 1 aliphatic rings. The molecule has 4 heteroatoms. The monoisotopic (exact) mass is 348 g/mol. The number of ether oxygens (including phenoxy) is 1. The van der Waals surface area contributed by atoms with Crippen molar-refractivity contribution in [3.8, 4) is 0 Å². The second kappa shape index (κ2) is 6.08. The molecule has 0 saturated carbocycles. The third kappa shape index (κ3) is 2.92. The predicted octanol–water partition coefficient (Wildman–Crippen LogP) is 4.01. The molecule has 0 bridgehead atoms. The number of fused-ring (bicyclic) bond motifs is 1. The van der Waals surface area contributed by atoms with Gasteiger partial charge in [0, 0.05) is 6.42 Å². The van der Waals surface area contributed by atoms with Gasteiger partial charge in [-0.1, -0.05) is 36.4 Å². The van der Waals surface area contributed by atoms with Crippen molar-refractivity contribution in [2.45, 2.75) is 18.9 Å². The molecule has 0 fully saturated rings. The van der Waals surface area contributed by atoms with Crippen LogP contribution in [0.25, 0.3) is 0 Å². The average Bonchev–Trinajstić information content (AvgIpc) is 2.51. The van der Waals surface area contributed by atoms with E-state index in [9.17, 15) is 9.18 Å². The molecule has 0 spiro atoms. The summed E-state index contributed by atoms with van der Waals surface area (Å²) in [5.74, 6) is -0.404. The van der Waals surface area contributed by atoms with Crippen molar-refractivity contribution in [1.29, 1.82) is 0 Å². The molecule has 2 aromatic rings. The Morgan fingerprint density at radius 2 is 2.05 bits per heavy atom. The van der Waals surface area contributed by atoms with Gasteiger partial charge in [0.2, 0.25) is 0 Å². The number of rotatable bonds is 3. The van der Waals surface area contributed by atoms with Gasteiger partial charge in [-0.05, 0) is 45.1 Å². The molecule has 21 heavy (non-hydrogen) atoms. The van der Waals surface area contributed by atoms with E-state index in [0.717, 1.165) is 17.5 Å². The molecule has 0 amide bonds. The molecule has 108 valence electrons. The molecule has 0 N–H and O–H groups in total. The third-order valence-electron chi connectivity index (χ3n) is 3.68. The lowest BCUT2D eigenvalue weighted by Crippen LogP contribution is -2.24. The van der Waals surface area contributed by atoms with Crippen LogP contribution in [0.5, 0.6) is 0 Å². The quantitative estimate of drug-likeness (QED) is 0.837. The van der Waals surface area contributed by atoms with E-state index in [1.54, 1.807) is 12.1 Å². The first-order valence-electron chi connectivity index (χ1n) is 6.82. The van der Waals surface area contributed by atoms with Gasteiger partial charge in [-0.3, -0.25) is 4.79 Å². The van der Waals surface area contributed by atoms with Crippen molar-refractivity contribution in [2.75, 3.05) is 6.61 Å². The first-order valence-corrected chi connectivity index (χ1v) is 7.61. The minimum Gasteiger partial charge on any atom is -0.365 e. The maximum atomic E-state index is 13.5. The van der Waals surface area contributed by atoms with E-state index in [4.69, 9.17) is 4.74 Å². The maximum Gasteiger partial charge on any atom is 0.170 e. The lowest BCUT2D eigenvalue weighted by Gasteiger charge is -2.25. The minimum atomic E-state index is -0.551. The van der Waals surface area contributed by atoms with Gasteiger partial charge in [0.15, 0.2) is 5.78 Å². The molecular formula is C17H14BrFO2. The van der Waals surface area contributed by atoms with E-state index >= 15 is 0 Å². The van der Waals surface area contributed by atoms with Crippen LogP contribution in [-0.2, 0) is 22.4 Å². The number of hydrogen-bond donors (Lipinski definition) is 0. The molecule has 0 radical (unpaired) electrons. The van der Waals surface area contributed by atoms with E-state index in [1.807, 2.05) is 24.3 Å². The standard InChI is InChI=1S/C17H14BrFO2/c18-16-12(5-3-7-14(16)19)10-15(20)17-13-6-2-1-4-11(13)8-9-21-17/h1-7,17H,8-10H2. The van der Waals surface area contributed by atoms with E-state index in [-0.39, 0.29) is 18.0 Å². The smallest absolute Gasteiger partial charge is 0.170 e. The fourth-order valence-electron chi connectivity index (χ4n) is 2.63. The summed E-state index contributed by atoms with van der Waals surface area (Å²) in [5.41, 5.74) is 2.73. The van der Waals surface area contributed by atoms with E-state index in [1.165, 1.54) is 6.07 Å². The van der Waals surface area contributed by atoms with Crippen LogP contribution in [0.3, 0.4) is 0 Å². The first kappa shape index (κ1) is 14.4. The number of carbonyl (C=O) groups is 1. The van der Waals surface area contributed by atoms with Gasteiger partial charge >= 0.3 is 0 Å². The molecule has 0 saturated heterocycles. The normalized spacial score (nSPS) is 17.3. The summed E-state index contributed by atoms with van der Waals surface area (Å²) in [7, 11) is 0. The van der Waals surface area contributed by atoms with Crippen molar-refractivity contribution in [3.05, 3.63) is 69.4 Å². The summed E-state index contributed by atoms with van der Waals surface area (Å²) in [6, 6.07) is 12.6. The lowest BCUT2D eigenvalue weighted by molar-refractivity contribution is -0.131. The van der Waals surface area contributed by atoms with Crippen molar-refractivity contribution >= 4 is 21.7 Å². The van der Waals surface area contributed by atoms with Crippen molar-refractivity contribution in [1.82, 2.24) is 0 Å². The summed E-state index contributed by atoms with van der Waals surface area (Å²) >= 11 is 3.20. The number of carbonyl (C=O) groups excluding carboxylic acids is 1. The summed E-state index contributed by atoms with van der Waals surface area (Å²) in [4.78, 5) is 12.5. The SMILES string of the molecule is O=C(Cc1cccc(F)c1Br)C1OCCc2ccccc21. The third-order valence-corrected chi connectivity index (χ3v) is 4.57. The molecule has 3 rings (SSSR count). The average molecular weight is 349 g/mol. The molecule has 1 heterocycles. The van der Waals surface area contributed by atoms with Gasteiger partial charge in [-0.15, -0.1) is 0 Å². The van der Waals surface area contributed by atoms with Crippen LogP contribution >= 0.6 is 15.9 Å².